The standard InChI is InChI=1S/C21H26N2O2/c1-6-16(5)22-20(24)17-9-7-8-10-19(17)23-21(25)18-12-14(3)13(2)11-15(18)4/h7-12,16H,6H2,1-5H3,(H,22,24)(H,23,25)/t16-/m0/s1. The number of amides is 2. The smallest absolute Gasteiger partial charge is 0.255 e. The van der Waals surface area contributed by atoms with E-state index in [4.69, 9.17) is 0 Å². The van der Waals surface area contributed by atoms with Gasteiger partial charge in [0.2, 0.25) is 0 Å². The summed E-state index contributed by atoms with van der Waals surface area (Å²) in [4.78, 5) is 25.2. The molecule has 0 bridgehead atoms. The SMILES string of the molecule is CC[C@H](C)NC(=O)c1ccccc1NC(=O)c1cc(C)c(C)cc1C. The van der Waals surface area contributed by atoms with Crippen LogP contribution < -0.4 is 10.6 Å². The van der Waals surface area contributed by atoms with Crippen molar-refractivity contribution in [2.24, 2.45) is 0 Å². The fraction of sp³-hybridized carbons (Fsp3) is 0.333. The van der Waals surface area contributed by atoms with E-state index in [1.165, 1.54) is 0 Å². The van der Waals surface area contributed by atoms with Crippen LogP contribution in [0.1, 0.15) is 57.7 Å². The van der Waals surface area contributed by atoms with Crippen molar-refractivity contribution in [1.82, 2.24) is 5.32 Å². The van der Waals surface area contributed by atoms with Crippen molar-refractivity contribution in [2.75, 3.05) is 5.32 Å². The number of rotatable bonds is 5. The molecular weight excluding hydrogens is 312 g/mol. The summed E-state index contributed by atoms with van der Waals surface area (Å²) in [6.07, 6.45) is 0.849. The van der Waals surface area contributed by atoms with Crippen molar-refractivity contribution >= 4 is 17.5 Å². The first kappa shape index (κ1) is 18.7. The maximum absolute atomic E-state index is 12.7. The summed E-state index contributed by atoms with van der Waals surface area (Å²) in [5.41, 5.74) is 4.76. The van der Waals surface area contributed by atoms with E-state index in [9.17, 15) is 9.59 Å². The van der Waals surface area contributed by atoms with E-state index < -0.39 is 0 Å². The molecule has 2 aromatic rings. The second-order valence-corrected chi connectivity index (χ2v) is 6.53. The van der Waals surface area contributed by atoms with Crippen LogP contribution in [0.3, 0.4) is 0 Å². The minimum Gasteiger partial charge on any atom is -0.350 e. The van der Waals surface area contributed by atoms with Gasteiger partial charge in [0.25, 0.3) is 11.8 Å². The molecule has 0 aliphatic rings. The topological polar surface area (TPSA) is 58.2 Å². The zero-order valence-electron chi connectivity index (χ0n) is 15.6. The highest BCUT2D eigenvalue weighted by atomic mass is 16.2. The first-order valence-corrected chi connectivity index (χ1v) is 8.62. The normalized spacial score (nSPS) is 11.7. The Morgan fingerprint density at radius 3 is 2.24 bits per heavy atom. The molecule has 0 radical (unpaired) electrons. The lowest BCUT2D eigenvalue weighted by molar-refractivity contribution is 0.0940. The fourth-order valence-corrected chi connectivity index (χ4v) is 2.59. The van der Waals surface area contributed by atoms with Crippen LogP contribution in [0.15, 0.2) is 36.4 Å². The molecule has 1 atom stereocenters. The quantitative estimate of drug-likeness (QED) is 0.849. The van der Waals surface area contributed by atoms with Crippen molar-refractivity contribution in [3.63, 3.8) is 0 Å². The summed E-state index contributed by atoms with van der Waals surface area (Å²) in [6.45, 7) is 9.90. The van der Waals surface area contributed by atoms with E-state index in [1.54, 1.807) is 18.2 Å². The van der Waals surface area contributed by atoms with Crippen LogP contribution in [-0.4, -0.2) is 17.9 Å². The minimum absolute atomic E-state index is 0.0817. The molecule has 0 fully saturated rings. The molecule has 25 heavy (non-hydrogen) atoms. The van der Waals surface area contributed by atoms with Crippen LogP contribution in [0, 0.1) is 20.8 Å². The Bertz CT molecular complexity index is 796. The second-order valence-electron chi connectivity index (χ2n) is 6.53. The third-order valence-electron chi connectivity index (χ3n) is 4.50. The summed E-state index contributed by atoms with van der Waals surface area (Å²) in [5.74, 6) is -0.383. The van der Waals surface area contributed by atoms with Gasteiger partial charge < -0.3 is 10.6 Å². The Hall–Kier alpha value is -2.62. The highest BCUT2D eigenvalue weighted by Gasteiger charge is 2.16. The molecule has 0 aliphatic carbocycles. The van der Waals surface area contributed by atoms with E-state index in [1.807, 2.05) is 52.8 Å². The van der Waals surface area contributed by atoms with Gasteiger partial charge in [0.1, 0.15) is 0 Å². The van der Waals surface area contributed by atoms with Gasteiger partial charge in [-0.25, -0.2) is 0 Å². The molecule has 0 aliphatic heterocycles. The number of hydrogen-bond acceptors (Lipinski definition) is 2. The Kier molecular flexibility index (Phi) is 5.97. The maximum atomic E-state index is 12.7. The molecule has 0 saturated carbocycles. The maximum Gasteiger partial charge on any atom is 0.255 e. The third kappa shape index (κ3) is 4.47. The molecule has 0 spiro atoms. The zero-order valence-corrected chi connectivity index (χ0v) is 15.6. The monoisotopic (exact) mass is 338 g/mol. The van der Waals surface area contributed by atoms with Gasteiger partial charge in [0.05, 0.1) is 11.3 Å². The van der Waals surface area contributed by atoms with Crippen molar-refractivity contribution < 1.29 is 9.59 Å². The molecule has 2 N–H and O–H groups in total. The average Bonchev–Trinajstić information content (AvgIpc) is 2.58. The minimum atomic E-state index is -0.204. The van der Waals surface area contributed by atoms with Gasteiger partial charge in [-0.2, -0.15) is 0 Å². The Morgan fingerprint density at radius 1 is 0.920 bits per heavy atom. The summed E-state index contributed by atoms with van der Waals surface area (Å²) < 4.78 is 0. The van der Waals surface area contributed by atoms with Crippen LogP contribution in [0.25, 0.3) is 0 Å². The van der Waals surface area contributed by atoms with Crippen molar-refractivity contribution in [2.45, 2.75) is 47.1 Å². The van der Waals surface area contributed by atoms with E-state index >= 15 is 0 Å². The van der Waals surface area contributed by atoms with Crippen LogP contribution in [-0.2, 0) is 0 Å². The van der Waals surface area contributed by atoms with Crippen molar-refractivity contribution in [1.29, 1.82) is 0 Å². The lowest BCUT2D eigenvalue weighted by atomic mass is 10.00. The highest BCUT2D eigenvalue weighted by molar-refractivity contribution is 6.09. The van der Waals surface area contributed by atoms with Gasteiger partial charge in [-0.05, 0) is 69.0 Å². The number of para-hydroxylation sites is 1. The molecule has 0 saturated heterocycles. The van der Waals surface area contributed by atoms with Gasteiger partial charge >= 0.3 is 0 Å². The van der Waals surface area contributed by atoms with Gasteiger partial charge in [-0.3, -0.25) is 9.59 Å². The number of anilines is 1. The number of hydrogen-bond donors (Lipinski definition) is 2. The number of carbonyl (C=O) groups excluding carboxylic acids is 2. The molecule has 2 aromatic carbocycles. The Balaban J connectivity index is 2.28. The summed E-state index contributed by atoms with van der Waals surface area (Å²) in [5, 5.41) is 5.82. The number of aryl methyl sites for hydroxylation is 3. The molecule has 2 amide bonds. The van der Waals surface area contributed by atoms with Gasteiger partial charge in [0.15, 0.2) is 0 Å². The molecule has 132 valence electrons. The molecule has 4 nitrogen and oxygen atoms in total. The van der Waals surface area contributed by atoms with Crippen LogP contribution in [0.4, 0.5) is 5.69 Å². The molecule has 0 unspecified atom stereocenters. The summed E-state index contributed by atoms with van der Waals surface area (Å²) in [6, 6.07) is 11.1. The highest BCUT2D eigenvalue weighted by Crippen LogP contribution is 2.20. The van der Waals surface area contributed by atoms with E-state index in [2.05, 4.69) is 10.6 Å². The summed E-state index contributed by atoms with van der Waals surface area (Å²) in [7, 11) is 0. The number of carbonyl (C=O) groups is 2. The largest absolute Gasteiger partial charge is 0.350 e. The Morgan fingerprint density at radius 2 is 1.56 bits per heavy atom. The van der Waals surface area contributed by atoms with Crippen molar-refractivity contribution in [3.05, 3.63) is 64.2 Å². The van der Waals surface area contributed by atoms with E-state index in [-0.39, 0.29) is 17.9 Å². The molecule has 0 aromatic heterocycles. The van der Waals surface area contributed by atoms with Gasteiger partial charge in [-0.15, -0.1) is 0 Å². The molecule has 4 heteroatoms. The van der Waals surface area contributed by atoms with Crippen LogP contribution in [0.2, 0.25) is 0 Å². The van der Waals surface area contributed by atoms with E-state index in [0.29, 0.717) is 16.8 Å². The average molecular weight is 338 g/mol. The Labute approximate surface area is 149 Å². The predicted molar refractivity (Wildman–Crippen MR) is 102 cm³/mol. The number of benzene rings is 2. The first-order valence-electron chi connectivity index (χ1n) is 8.62. The van der Waals surface area contributed by atoms with Crippen molar-refractivity contribution in [3.8, 4) is 0 Å². The molecule has 0 heterocycles. The second kappa shape index (κ2) is 7.97. The van der Waals surface area contributed by atoms with Gasteiger partial charge in [-0.1, -0.05) is 25.1 Å². The summed E-state index contributed by atoms with van der Waals surface area (Å²) >= 11 is 0. The lowest BCUT2D eigenvalue weighted by Crippen LogP contribution is -2.32. The zero-order chi connectivity index (χ0) is 18.6. The lowest BCUT2D eigenvalue weighted by Gasteiger charge is -2.15. The van der Waals surface area contributed by atoms with Gasteiger partial charge in [0, 0.05) is 11.6 Å². The third-order valence-corrected chi connectivity index (χ3v) is 4.50. The number of nitrogens with one attached hydrogen (secondary N) is 2. The molecule has 2 rings (SSSR count). The van der Waals surface area contributed by atoms with E-state index in [0.717, 1.165) is 23.1 Å². The fourth-order valence-electron chi connectivity index (χ4n) is 2.59. The predicted octanol–water partition coefficient (Wildman–Crippen LogP) is 4.39. The van der Waals surface area contributed by atoms with Crippen LogP contribution >= 0.6 is 0 Å². The van der Waals surface area contributed by atoms with Crippen LogP contribution in [0.5, 0.6) is 0 Å². The first-order chi connectivity index (χ1) is 11.8. The molecular formula is C21H26N2O2.